The molecular formula is C6H7IN3S. The quantitative estimate of drug-likeness (QED) is 0.471. The molecule has 1 unspecified atom stereocenters. The van der Waals surface area contributed by atoms with E-state index in [0.29, 0.717) is 0 Å². The lowest BCUT2D eigenvalue weighted by molar-refractivity contribution is 0.802. The number of thiocarbonyl (C=S) groups is 1. The minimum Gasteiger partial charge on any atom is -0.321 e. The van der Waals surface area contributed by atoms with Crippen molar-refractivity contribution in [1.29, 1.82) is 0 Å². The molecule has 0 amide bonds. The molecule has 0 saturated heterocycles. The number of halogens is 1. The van der Waals surface area contributed by atoms with E-state index in [2.05, 4.69) is 50.4 Å². The highest BCUT2D eigenvalue weighted by Gasteiger charge is 2.06. The Morgan fingerprint density at radius 2 is 2.64 bits per heavy atom. The Morgan fingerprint density at radius 1 is 1.91 bits per heavy atom. The Morgan fingerprint density at radius 3 is 3.09 bits per heavy atom. The summed E-state index contributed by atoms with van der Waals surface area (Å²) in [6.45, 7) is 0. The first-order chi connectivity index (χ1) is 5.24. The standard InChI is InChI=1S/C6H7IN3S/c1-10-4-8-9-6(10)2-5(7)3-11/h4-5H,2H2,1H3. The third-order valence-electron chi connectivity index (χ3n) is 1.29. The number of aryl methyl sites for hydroxylation is 1. The largest absolute Gasteiger partial charge is 0.321 e. The Kier molecular flexibility index (Phi) is 3.38. The van der Waals surface area contributed by atoms with E-state index in [9.17, 15) is 0 Å². The molecule has 0 aliphatic rings. The van der Waals surface area contributed by atoms with Crippen LogP contribution < -0.4 is 0 Å². The number of hydrogen-bond donors (Lipinski definition) is 0. The van der Waals surface area contributed by atoms with Crippen LogP contribution in [0, 0.1) is 0 Å². The molecule has 1 rings (SSSR count). The topological polar surface area (TPSA) is 30.7 Å². The molecule has 1 radical (unpaired) electrons. The van der Waals surface area contributed by atoms with Crippen molar-refractivity contribution in [3.8, 4) is 0 Å². The number of aromatic nitrogens is 3. The molecule has 0 saturated carbocycles. The second-order valence-electron chi connectivity index (χ2n) is 2.15. The van der Waals surface area contributed by atoms with E-state index in [4.69, 9.17) is 0 Å². The van der Waals surface area contributed by atoms with Crippen molar-refractivity contribution in [3.63, 3.8) is 0 Å². The van der Waals surface area contributed by atoms with Crippen molar-refractivity contribution < 1.29 is 0 Å². The van der Waals surface area contributed by atoms with Crippen molar-refractivity contribution in [2.24, 2.45) is 7.05 Å². The predicted molar refractivity (Wildman–Crippen MR) is 55.1 cm³/mol. The highest BCUT2D eigenvalue weighted by Crippen LogP contribution is 2.05. The zero-order chi connectivity index (χ0) is 8.27. The van der Waals surface area contributed by atoms with Crippen molar-refractivity contribution in [3.05, 3.63) is 12.2 Å². The van der Waals surface area contributed by atoms with Gasteiger partial charge in [0.05, 0.1) is 3.92 Å². The van der Waals surface area contributed by atoms with Gasteiger partial charge in [-0.15, -0.1) is 10.2 Å². The van der Waals surface area contributed by atoms with Crippen molar-refractivity contribution in [2.45, 2.75) is 10.3 Å². The molecule has 59 valence electrons. The molecule has 0 aromatic carbocycles. The molecule has 3 nitrogen and oxygen atoms in total. The van der Waals surface area contributed by atoms with Gasteiger partial charge in [-0.2, -0.15) is 0 Å². The number of hydrogen-bond acceptors (Lipinski definition) is 3. The molecule has 0 aliphatic heterocycles. The fourth-order valence-corrected chi connectivity index (χ4v) is 1.17. The second-order valence-corrected chi connectivity index (χ2v) is 3.89. The number of alkyl halides is 1. The van der Waals surface area contributed by atoms with Crippen molar-refractivity contribution in [2.75, 3.05) is 0 Å². The fraction of sp³-hybridized carbons (Fsp3) is 0.500. The van der Waals surface area contributed by atoms with E-state index in [1.165, 1.54) is 0 Å². The van der Waals surface area contributed by atoms with Crippen molar-refractivity contribution >= 4 is 40.2 Å². The summed E-state index contributed by atoms with van der Waals surface area (Å²) in [6, 6.07) is 0. The Hall–Kier alpha value is -0.0400. The summed E-state index contributed by atoms with van der Waals surface area (Å²) >= 11 is 6.90. The lowest BCUT2D eigenvalue weighted by atomic mass is 10.3. The van der Waals surface area contributed by atoms with E-state index >= 15 is 0 Å². The minimum atomic E-state index is 0.241. The minimum absolute atomic E-state index is 0.241. The third kappa shape index (κ3) is 2.48. The first kappa shape index (κ1) is 9.05. The molecule has 0 fully saturated rings. The molecule has 1 heterocycles. The smallest absolute Gasteiger partial charge is 0.133 e. The fourth-order valence-electron chi connectivity index (χ4n) is 0.694. The lowest BCUT2D eigenvalue weighted by Gasteiger charge is -2.00. The molecule has 5 heteroatoms. The Bertz CT molecular complexity index is 248. The van der Waals surface area contributed by atoms with Gasteiger partial charge in [-0.1, -0.05) is 34.8 Å². The maximum Gasteiger partial charge on any atom is 0.133 e. The molecule has 1 aromatic rings. The molecule has 0 bridgehead atoms. The van der Waals surface area contributed by atoms with Gasteiger partial charge < -0.3 is 4.57 Å². The van der Waals surface area contributed by atoms with Gasteiger partial charge >= 0.3 is 0 Å². The average molecular weight is 280 g/mol. The first-order valence-corrected chi connectivity index (χ1v) is 4.74. The average Bonchev–Trinajstić information content (AvgIpc) is 2.37. The molecule has 0 spiro atoms. The van der Waals surface area contributed by atoms with Crippen LogP contribution in [0.5, 0.6) is 0 Å². The van der Waals surface area contributed by atoms with Crippen LogP contribution in [-0.2, 0) is 13.5 Å². The number of rotatable bonds is 3. The highest BCUT2D eigenvalue weighted by molar-refractivity contribution is 14.1. The number of nitrogens with zero attached hydrogens (tertiary/aromatic N) is 3. The normalized spacial score (nSPS) is 12.9. The second kappa shape index (κ2) is 4.10. The monoisotopic (exact) mass is 280 g/mol. The summed E-state index contributed by atoms with van der Waals surface area (Å²) < 4.78 is 2.13. The van der Waals surface area contributed by atoms with E-state index in [-0.39, 0.29) is 3.92 Å². The van der Waals surface area contributed by atoms with Gasteiger partial charge in [-0.05, 0) is 0 Å². The van der Waals surface area contributed by atoms with Gasteiger partial charge in [0, 0.05) is 18.8 Å². The van der Waals surface area contributed by atoms with Crippen LogP contribution in [0.2, 0.25) is 0 Å². The SMILES string of the molecule is Cn1cnnc1CC(I)[C]=S. The zero-order valence-electron chi connectivity index (χ0n) is 5.99. The van der Waals surface area contributed by atoms with Crippen LogP contribution in [0.15, 0.2) is 6.33 Å². The molecule has 1 aromatic heterocycles. The van der Waals surface area contributed by atoms with Gasteiger partial charge in [0.25, 0.3) is 0 Å². The summed E-state index contributed by atoms with van der Waals surface area (Å²) in [7, 11) is 1.92. The first-order valence-electron chi connectivity index (χ1n) is 3.08. The van der Waals surface area contributed by atoms with Crippen molar-refractivity contribution in [1.82, 2.24) is 14.8 Å². The lowest BCUT2D eigenvalue weighted by Crippen LogP contribution is -2.07. The van der Waals surface area contributed by atoms with E-state index in [0.717, 1.165) is 12.2 Å². The van der Waals surface area contributed by atoms with Crippen LogP contribution in [0.1, 0.15) is 5.82 Å². The van der Waals surface area contributed by atoms with Crippen LogP contribution in [0.4, 0.5) is 0 Å². The summed E-state index contributed by atoms with van der Waals surface area (Å²) in [5, 5.41) is 10.4. The van der Waals surface area contributed by atoms with Gasteiger partial charge in [-0.3, -0.25) is 0 Å². The zero-order valence-corrected chi connectivity index (χ0v) is 8.96. The summed E-state index contributed by atoms with van der Waals surface area (Å²) in [5.74, 6) is 0.946. The molecule has 1 atom stereocenters. The van der Waals surface area contributed by atoms with Crippen LogP contribution in [-0.4, -0.2) is 24.1 Å². The van der Waals surface area contributed by atoms with E-state index < -0.39 is 0 Å². The highest BCUT2D eigenvalue weighted by atomic mass is 127. The van der Waals surface area contributed by atoms with Crippen LogP contribution >= 0.6 is 34.8 Å². The van der Waals surface area contributed by atoms with Gasteiger partial charge in [0.15, 0.2) is 0 Å². The summed E-state index contributed by atoms with van der Waals surface area (Å²) in [6.07, 6.45) is 2.49. The predicted octanol–water partition coefficient (Wildman–Crippen LogP) is 1.04. The molecule has 11 heavy (non-hydrogen) atoms. The Labute approximate surface area is 84.3 Å². The molecule has 0 aliphatic carbocycles. The third-order valence-corrected chi connectivity index (χ3v) is 2.75. The summed E-state index contributed by atoms with van der Waals surface area (Å²) in [5.41, 5.74) is 0. The molecular weight excluding hydrogens is 273 g/mol. The van der Waals surface area contributed by atoms with E-state index in [1.54, 1.807) is 6.33 Å². The van der Waals surface area contributed by atoms with Crippen LogP contribution in [0.25, 0.3) is 0 Å². The summed E-state index contributed by atoms with van der Waals surface area (Å²) in [4.78, 5) is 0. The van der Waals surface area contributed by atoms with Crippen LogP contribution in [0.3, 0.4) is 0 Å². The van der Waals surface area contributed by atoms with Gasteiger partial charge in [0.2, 0.25) is 0 Å². The van der Waals surface area contributed by atoms with E-state index in [1.807, 2.05) is 11.6 Å². The maximum absolute atomic E-state index is 4.68. The maximum atomic E-state index is 4.68. The molecule has 0 N–H and O–H groups in total. The van der Waals surface area contributed by atoms with Gasteiger partial charge in [-0.25, -0.2) is 0 Å². The van der Waals surface area contributed by atoms with Gasteiger partial charge in [0.1, 0.15) is 12.2 Å². The Balaban J connectivity index is 2.63.